The van der Waals surface area contributed by atoms with E-state index >= 15 is 0 Å². The van der Waals surface area contributed by atoms with Crippen LogP contribution < -0.4 is 10.6 Å². The Hall–Kier alpha value is -2.70. The zero-order valence-corrected chi connectivity index (χ0v) is 18.2. The normalized spacial score (nSPS) is 15.4. The van der Waals surface area contributed by atoms with Crippen molar-refractivity contribution in [1.29, 1.82) is 0 Å². The van der Waals surface area contributed by atoms with Crippen molar-refractivity contribution in [2.24, 2.45) is 4.99 Å². The fourth-order valence-electron chi connectivity index (χ4n) is 3.86. The number of pyridine rings is 1. The minimum atomic E-state index is 0.290. The van der Waals surface area contributed by atoms with Crippen LogP contribution in [0.15, 0.2) is 71.2 Å². The Kier molecular flexibility index (Phi) is 7.11. The summed E-state index contributed by atoms with van der Waals surface area (Å²) in [6.07, 6.45) is 2.94. The molecule has 30 heavy (non-hydrogen) atoms. The SMILES string of the molecule is CCNC(=NCc1ccccn1)NCC(c1ccccc1)N1CCc2sccc2C1. The highest BCUT2D eigenvalue weighted by molar-refractivity contribution is 7.10. The molecule has 0 aliphatic carbocycles. The Labute approximate surface area is 182 Å². The van der Waals surface area contributed by atoms with Crippen LogP contribution >= 0.6 is 11.3 Å². The Balaban J connectivity index is 1.48. The van der Waals surface area contributed by atoms with E-state index in [2.05, 4.69) is 69.2 Å². The van der Waals surface area contributed by atoms with Crippen LogP contribution in [0.5, 0.6) is 0 Å². The van der Waals surface area contributed by atoms with Crippen LogP contribution in [0.4, 0.5) is 0 Å². The number of nitrogens with one attached hydrogen (secondary N) is 2. The van der Waals surface area contributed by atoms with Gasteiger partial charge in [-0.15, -0.1) is 11.3 Å². The lowest BCUT2D eigenvalue weighted by molar-refractivity contribution is 0.181. The van der Waals surface area contributed by atoms with Gasteiger partial charge in [0.15, 0.2) is 5.96 Å². The standard InChI is InChI=1S/C24H29N5S/c1-2-25-24(27-16-21-10-6-7-13-26-21)28-17-22(19-8-4-3-5-9-19)29-14-11-23-20(18-29)12-15-30-23/h3-10,12-13,15,22H,2,11,14,16-18H2,1H3,(H2,25,27,28). The number of aliphatic imine (C=N–C) groups is 1. The van der Waals surface area contributed by atoms with Gasteiger partial charge in [-0.3, -0.25) is 9.88 Å². The van der Waals surface area contributed by atoms with Gasteiger partial charge in [0.2, 0.25) is 0 Å². The number of benzene rings is 1. The lowest BCUT2D eigenvalue weighted by Crippen LogP contribution is -2.44. The molecule has 0 spiro atoms. The molecule has 2 N–H and O–H groups in total. The van der Waals surface area contributed by atoms with Gasteiger partial charge in [-0.2, -0.15) is 0 Å². The average molecular weight is 420 g/mol. The lowest BCUT2D eigenvalue weighted by Gasteiger charge is -2.35. The summed E-state index contributed by atoms with van der Waals surface area (Å²) in [5.74, 6) is 0.831. The Morgan fingerprint density at radius 2 is 2.00 bits per heavy atom. The minimum Gasteiger partial charge on any atom is -0.357 e. The largest absolute Gasteiger partial charge is 0.357 e. The van der Waals surface area contributed by atoms with Gasteiger partial charge in [-0.05, 0) is 48.1 Å². The first-order valence-electron chi connectivity index (χ1n) is 10.6. The number of hydrogen-bond donors (Lipinski definition) is 2. The van der Waals surface area contributed by atoms with Crippen LogP contribution in [0.1, 0.15) is 34.7 Å². The number of thiophene rings is 1. The number of rotatable bonds is 7. The molecule has 1 aliphatic rings. The highest BCUT2D eigenvalue weighted by Gasteiger charge is 2.25. The first-order chi connectivity index (χ1) is 14.8. The van der Waals surface area contributed by atoms with Crippen molar-refractivity contribution in [3.05, 3.63) is 87.9 Å². The van der Waals surface area contributed by atoms with Crippen LogP contribution in [0, 0.1) is 0 Å². The van der Waals surface area contributed by atoms with Gasteiger partial charge < -0.3 is 10.6 Å². The van der Waals surface area contributed by atoms with Gasteiger partial charge in [0.25, 0.3) is 0 Å². The van der Waals surface area contributed by atoms with Gasteiger partial charge in [0, 0.05) is 37.3 Å². The molecular weight excluding hydrogens is 390 g/mol. The molecule has 1 atom stereocenters. The van der Waals surface area contributed by atoms with Crippen molar-refractivity contribution in [2.75, 3.05) is 19.6 Å². The molecule has 6 heteroatoms. The molecule has 1 aromatic carbocycles. The third-order valence-corrected chi connectivity index (χ3v) is 6.42. The van der Waals surface area contributed by atoms with E-state index in [1.165, 1.54) is 16.0 Å². The van der Waals surface area contributed by atoms with Crippen LogP contribution in [0.25, 0.3) is 0 Å². The molecule has 0 saturated heterocycles. The van der Waals surface area contributed by atoms with Crippen LogP contribution in [0.2, 0.25) is 0 Å². The molecule has 3 aromatic rings. The summed E-state index contributed by atoms with van der Waals surface area (Å²) in [7, 11) is 0. The van der Waals surface area contributed by atoms with E-state index in [1.807, 2.05) is 35.7 Å². The summed E-state index contributed by atoms with van der Waals surface area (Å²) in [6.45, 7) is 6.37. The maximum absolute atomic E-state index is 4.74. The van der Waals surface area contributed by atoms with Gasteiger partial charge in [-0.1, -0.05) is 36.4 Å². The molecule has 1 unspecified atom stereocenters. The van der Waals surface area contributed by atoms with Gasteiger partial charge >= 0.3 is 0 Å². The summed E-state index contributed by atoms with van der Waals surface area (Å²) >= 11 is 1.89. The molecule has 0 radical (unpaired) electrons. The first-order valence-corrected chi connectivity index (χ1v) is 11.5. The molecule has 3 heterocycles. The zero-order chi connectivity index (χ0) is 20.6. The van der Waals surface area contributed by atoms with Crippen molar-refractivity contribution in [3.63, 3.8) is 0 Å². The summed E-state index contributed by atoms with van der Waals surface area (Å²) in [6, 6.07) is 19.3. The zero-order valence-electron chi connectivity index (χ0n) is 17.4. The Bertz CT molecular complexity index is 938. The summed E-state index contributed by atoms with van der Waals surface area (Å²) < 4.78 is 0. The number of nitrogens with zero attached hydrogens (tertiary/aromatic N) is 3. The second-order valence-electron chi connectivity index (χ2n) is 7.41. The minimum absolute atomic E-state index is 0.290. The molecule has 0 amide bonds. The second kappa shape index (κ2) is 10.4. The molecule has 4 rings (SSSR count). The van der Waals surface area contributed by atoms with Gasteiger partial charge in [0.05, 0.1) is 18.3 Å². The molecule has 0 saturated carbocycles. The quantitative estimate of drug-likeness (QED) is 0.449. The molecule has 1 aliphatic heterocycles. The van der Waals surface area contributed by atoms with E-state index in [4.69, 9.17) is 4.99 Å². The number of hydrogen-bond acceptors (Lipinski definition) is 4. The fraction of sp³-hybridized carbons (Fsp3) is 0.333. The van der Waals surface area contributed by atoms with E-state index in [0.29, 0.717) is 6.54 Å². The number of aromatic nitrogens is 1. The van der Waals surface area contributed by atoms with E-state index in [0.717, 1.165) is 44.3 Å². The predicted molar refractivity (Wildman–Crippen MR) is 125 cm³/mol. The van der Waals surface area contributed by atoms with Crippen molar-refractivity contribution in [1.82, 2.24) is 20.5 Å². The fourth-order valence-corrected chi connectivity index (χ4v) is 4.75. The molecule has 5 nitrogen and oxygen atoms in total. The molecule has 0 bridgehead atoms. The smallest absolute Gasteiger partial charge is 0.191 e. The summed E-state index contributed by atoms with van der Waals surface area (Å²) in [5, 5.41) is 9.16. The Morgan fingerprint density at radius 1 is 1.13 bits per heavy atom. The molecular formula is C24H29N5S. The average Bonchev–Trinajstić information content (AvgIpc) is 3.27. The van der Waals surface area contributed by atoms with Crippen molar-refractivity contribution in [3.8, 4) is 0 Å². The maximum atomic E-state index is 4.74. The molecule has 156 valence electrons. The second-order valence-corrected chi connectivity index (χ2v) is 8.41. The summed E-state index contributed by atoms with van der Waals surface area (Å²) in [5.41, 5.74) is 3.78. The Morgan fingerprint density at radius 3 is 2.80 bits per heavy atom. The number of fused-ring (bicyclic) bond motifs is 1. The summed E-state index contributed by atoms with van der Waals surface area (Å²) in [4.78, 5) is 13.2. The van der Waals surface area contributed by atoms with Gasteiger partial charge in [-0.25, -0.2) is 4.99 Å². The van der Waals surface area contributed by atoms with Crippen LogP contribution in [-0.4, -0.2) is 35.5 Å². The highest BCUT2D eigenvalue weighted by atomic mass is 32.1. The highest BCUT2D eigenvalue weighted by Crippen LogP contribution is 2.30. The van der Waals surface area contributed by atoms with Crippen LogP contribution in [0.3, 0.4) is 0 Å². The van der Waals surface area contributed by atoms with Crippen molar-refractivity contribution >= 4 is 17.3 Å². The van der Waals surface area contributed by atoms with E-state index < -0.39 is 0 Å². The molecule has 2 aromatic heterocycles. The maximum Gasteiger partial charge on any atom is 0.191 e. The van der Waals surface area contributed by atoms with E-state index in [-0.39, 0.29) is 6.04 Å². The monoisotopic (exact) mass is 419 g/mol. The van der Waals surface area contributed by atoms with E-state index in [9.17, 15) is 0 Å². The third-order valence-electron chi connectivity index (χ3n) is 5.39. The first kappa shape index (κ1) is 20.6. The lowest BCUT2D eigenvalue weighted by atomic mass is 10.0. The topological polar surface area (TPSA) is 52.6 Å². The third kappa shape index (κ3) is 5.26. The van der Waals surface area contributed by atoms with Crippen LogP contribution in [-0.2, 0) is 19.5 Å². The number of guanidine groups is 1. The van der Waals surface area contributed by atoms with E-state index in [1.54, 1.807) is 0 Å². The van der Waals surface area contributed by atoms with Crippen molar-refractivity contribution < 1.29 is 0 Å². The molecule has 0 fully saturated rings. The van der Waals surface area contributed by atoms with Gasteiger partial charge in [0.1, 0.15) is 0 Å². The van der Waals surface area contributed by atoms with Crippen molar-refractivity contribution in [2.45, 2.75) is 32.5 Å². The predicted octanol–water partition coefficient (Wildman–Crippen LogP) is 4.00.